The van der Waals surface area contributed by atoms with E-state index >= 15 is 0 Å². The summed E-state index contributed by atoms with van der Waals surface area (Å²) in [5, 5.41) is 8.96. The number of ether oxygens (including phenoxy) is 2. The molecule has 1 fully saturated rings. The van der Waals surface area contributed by atoms with Gasteiger partial charge in [0.1, 0.15) is 6.10 Å². The van der Waals surface area contributed by atoms with Gasteiger partial charge in [-0.1, -0.05) is 30.3 Å². The SMILES string of the molecule is O[C@@H]1O[C@H](COCc2ccccc2)[C@@H](F)[C@H]1F. The fourth-order valence-corrected chi connectivity index (χ4v) is 1.69. The molecule has 2 rings (SSSR count). The van der Waals surface area contributed by atoms with Gasteiger partial charge in [-0.3, -0.25) is 0 Å². The van der Waals surface area contributed by atoms with Gasteiger partial charge in [-0.2, -0.15) is 0 Å². The zero-order chi connectivity index (χ0) is 12.3. The smallest absolute Gasteiger partial charge is 0.189 e. The van der Waals surface area contributed by atoms with E-state index in [1.54, 1.807) is 0 Å². The molecule has 0 saturated carbocycles. The molecule has 17 heavy (non-hydrogen) atoms. The summed E-state index contributed by atoms with van der Waals surface area (Å²) in [5.74, 6) is 0. The average molecular weight is 244 g/mol. The third kappa shape index (κ3) is 3.00. The second kappa shape index (κ2) is 5.53. The van der Waals surface area contributed by atoms with Crippen molar-refractivity contribution in [2.75, 3.05) is 6.61 Å². The molecular weight excluding hydrogens is 230 g/mol. The van der Waals surface area contributed by atoms with Crippen LogP contribution >= 0.6 is 0 Å². The van der Waals surface area contributed by atoms with Gasteiger partial charge in [0.25, 0.3) is 0 Å². The molecule has 3 nitrogen and oxygen atoms in total. The minimum Gasteiger partial charge on any atom is -0.374 e. The van der Waals surface area contributed by atoms with Crippen LogP contribution < -0.4 is 0 Å². The lowest BCUT2D eigenvalue weighted by Gasteiger charge is -2.12. The number of aliphatic hydroxyl groups is 1. The zero-order valence-electron chi connectivity index (χ0n) is 9.13. The van der Waals surface area contributed by atoms with Crippen molar-refractivity contribution in [3.63, 3.8) is 0 Å². The van der Waals surface area contributed by atoms with Crippen molar-refractivity contribution in [2.45, 2.75) is 31.3 Å². The predicted octanol–water partition coefficient (Wildman–Crippen LogP) is 1.60. The largest absolute Gasteiger partial charge is 0.374 e. The normalized spacial score (nSPS) is 32.9. The molecule has 0 aromatic heterocycles. The predicted molar refractivity (Wildman–Crippen MR) is 56.8 cm³/mol. The number of alkyl halides is 2. The molecule has 1 aliphatic rings. The van der Waals surface area contributed by atoms with E-state index in [0.717, 1.165) is 5.56 Å². The maximum atomic E-state index is 13.2. The Kier molecular flexibility index (Phi) is 4.04. The fourth-order valence-electron chi connectivity index (χ4n) is 1.69. The van der Waals surface area contributed by atoms with Gasteiger partial charge in [0.2, 0.25) is 0 Å². The van der Waals surface area contributed by atoms with Gasteiger partial charge in [0.05, 0.1) is 13.2 Å². The molecule has 1 saturated heterocycles. The first-order chi connectivity index (χ1) is 8.18. The van der Waals surface area contributed by atoms with Crippen LogP contribution in [0, 0.1) is 0 Å². The molecule has 1 aliphatic heterocycles. The minimum atomic E-state index is -1.99. The van der Waals surface area contributed by atoms with E-state index in [0.29, 0.717) is 6.61 Å². The van der Waals surface area contributed by atoms with E-state index in [9.17, 15) is 8.78 Å². The van der Waals surface area contributed by atoms with E-state index in [-0.39, 0.29) is 6.61 Å². The lowest BCUT2D eigenvalue weighted by Crippen LogP contribution is -2.27. The molecule has 1 aromatic carbocycles. The summed E-state index contributed by atoms with van der Waals surface area (Å²) in [6.45, 7) is 0.230. The second-order valence-electron chi connectivity index (χ2n) is 3.95. The van der Waals surface area contributed by atoms with Crippen LogP contribution in [0.2, 0.25) is 0 Å². The summed E-state index contributed by atoms with van der Waals surface area (Å²) in [6, 6.07) is 9.35. The molecule has 5 heteroatoms. The number of hydrogen-bond acceptors (Lipinski definition) is 3. The molecule has 0 aliphatic carbocycles. The van der Waals surface area contributed by atoms with Crippen LogP contribution in [0.5, 0.6) is 0 Å². The van der Waals surface area contributed by atoms with Crippen molar-refractivity contribution in [3.05, 3.63) is 35.9 Å². The molecule has 0 unspecified atom stereocenters. The Labute approximate surface area is 98.0 Å². The number of halogens is 2. The van der Waals surface area contributed by atoms with Crippen molar-refractivity contribution < 1.29 is 23.4 Å². The number of benzene rings is 1. The van der Waals surface area contributed by atoms with Gasteiger partial charge in [-0.05, 0) is 5.56 Å². The Balaban J connectivity index is 1.76. The van der Waals surface area contributed by atoms with Crippen LogP contribution in [0.1, 0.15) is 5.56 Å². The van der Waals surface area contributed by atoms with Crippen LogP contribution in [0.25, 0.3) is 0 Å². The molecule has 1 aromatic rings. The molecular formula is C12H14F2O3. The first-order valence-corrected chi connectivity index (χ1v) is 5.42. The summed E-state index contributed by atoms with van der Waals surface area (Å²) in [5.41, 5.74) is 0.943. The van der Waals surface area contributed by atoms with Crippen LogP contribution in [0.4, 0.5) is 8.78 Å². The Morgan fingerprint density at radius 3 is 2.47 bits per heavy atom. The molecule has 0 spiro atoms. The van der Waals surface area contributed by atoms with Crippen LogP contribution in [0.3, 0.4) is 0 Å². The first kappa shape index (κ1) is 12.4. The Morgan fingerprint density at radius 1 is 1.18 bits per heavy atom. The monoisotopic (exact) mass is 244 g/mol. The van der Waals surface area contributed by atoms with E-state index in [4.69, 9.17) is 14.6 Å². The van der Waals surface area contributed by atoms with E-state index in [1.807, 2.05) is 30.3 Å². The molecule has 4 atom stereocenters. The molecule has 1 heterocycles. The van der Waals surface area contributed by atoms with Gasteiger partial charge in [-0.15, -0.1) is 0 Å². The quantitative estimate of drug-likeness (QED) is 0.874. The van der Waals surface area contributed by atoms with Crippen LogP contribution in [-0.4, -0.2) is 36.5 Å². The Bertz CT molecular complexity index is 347. The van der Waals surface area contributed by atoms with Crippen molar-refractivity contribution in [3.8, 4) is 0 Å². The molecule has 0 bridgehead atoms. The highest BCUT2D eigenvalue weighted by molar-refractivity contribution is 5.13. The molecule has 1 N–H and O–H groups in total. The van der Waals surface area contributed by atoms with Gasteiger partial charge >= 0.3 is 0 Å². The van der Waals surface area contributed by atoms with Gasteiger partial charge in [-0.25, -0.2) is 8.78 Å². The van der Waals surface area contributed by atoms with Crippen molar-refractivity contribution in [1.29, 1.82) is 0 Å². The topological polar surface area (TPSA) is 38.7 Å². The summed E-state index contributed by atoms with van der Waals surface area (Å²) >= 11 is 0. The van der Waals surface area contributed by atoms with Gasteiger partial charge in [0.15, 0.2) is 18.6 Å². The number of aliphatic hydroxyl groups excluding tert-OH is 1. The van der Waals surface area contributed by atoms with Crippen molar-refractivity contribution >= 4 is 0 Å². The lowest BCUT2D eigenvalue weighted by atomic mass is 10.2. The lowest BCUT2D eigenvalue weighted by molar-refractivity contribution is -0.127. The minimum absolute atomic E-state index is 0.0759. The van der Waals surface area contributed by atoms with E-state index in [1.165, 1.54) is 0 Å². The van der Waals surface area contributed by atoms with E-state index < -0.39 is 24.7 Å². The summed E-state index contributed by atoms with van der Waals surface area (Å²) in [7, 11) is 0. The zero-order valence-corrected chi connectivity index (χ0v) is 9.13. The van der Waals surface area contributed by atoms with Crippen molar-refractivity contribution in [1.82, 2.24) is 0 Å². The summed E-state index contributed by atoms with van der Waals surface area (Å²) < 4.78 is 36.1. The average Bonchev–Trinajstić information content (AvgIpc) is 2.59. The molecule has 94 valence electrons. The van der Waals surface area contributed by atoms with Crippen LogP contribution in [-0.2, 0) is 16.1 Å². The standard InChI is InChI=1S/C12H14F2O3/c13-10-9(17-12(15)11(10)14)7-16-6-8-4-2-1-3-5-8/h1-5,9-12,15H,6-7H2/t9-,10-,11-,12-/m1/s1. The highest BCUT2D eigenvalue weighted by Gasteiger charge is 2.44. The highest BCUT2D eigenvalue weighted by atomic mass is 19.2. The summed E-state index contributed by atoms with van der Waals surface area (Å²) in [6.07, 6.45) is -6.54. The highest BCUT2D eigenvalue weighted by Crippen LogP contribution is 2.25. The Morgan fingerprint density at radius 2 is 1.88 bits per heavy atom. The summed E-state index contributed by atoms with van der Waals surface area (Å²) in [4.78, 5) is 0. The third-order valence-electron chi connectivity index (χ3n) is 2.64. The number of rotatable bonds is 4. The fraction of sp³-hybridized carbons (Fsp3) is 0.500. The maximum absolute atomic E-state index is 13.2. The first-order valence-electron chi connectivity index (χ1n) is 5.42. The second-order valence-corrected chi connectivity index (χ2v) is 3.95. The van der Waals surface area contributed by atoms with Crippen LogP contribution in [0.15, 0.2) is 30.3 Å². The third-order valence-corrected chi connectivity index (χ3v) is 2.64. The van der Waals surface area contributed by atoms with Crippen molar-refractivity contribution in [2.24, 2.45) is 0 Å². The van der Waals surface area contributed by atoms with Gasteiger partial charge < -0.3 is 14.6 Å². The maximum Gasteiger partial charge on any atom is 0.189 e. The molecule has 0 amide bonds. The Hall–Kier alpha value is -1.04. The van der Waals surface area contributed by atoms with Gasteiger partial charge in [0, 0.05) is 0 Å². The van der Waals surface area contributed by atoms with E-state index in [2.05, 4.69) is 0 Å². The molecule has 0 radical (unpaired) electrons. The number of hydrogen-bond donors (Lipinski definition) is 1.